The molecule has 2 aromatic carbocycles. The largest absolute Gasteiger partial charge is 0.493 e. The minimum absolute atomic E-state index is 0.0702. The summed E-state index contributed by atoms with van der Waals surface area (Å²) in [5.74, 6) is 1.21. The number of benzene rings is 2. The lowest BCUT2D eigenvalue weighted by Crippen LogP contribution is -2.01. The summed E-state index contributed by atoms with van der Waals surface area (Å²) >= 11 is 0. The molecule has 0 amide bonds. The Hall–Kier alpha value is -2.55. The van der Waals surface area contributed by atoms with E-state index in [4.69, 9.17) is 23.4 Å². The van der Waals surface area contributed by atoms with Crippen molar-refractivity contribution in [2.24, 2.45) is 0 Å². The highest BCUT2D eigenvalue weighted by atomic mass is 32.2. The van der Waals surface area contributed by atoms with Gasteiger partial charge in [-0.15, -0.1) is 0 Å². The van der Waals surface area contributed by atoms with Crippen LogP contribution < -0.4 is 9.47 Å². The summed E-state index contributed by atoms with van der Waals surface area (Å²) in [6.07, 6.45) is 2.82. The fraction of sp³-hybridized carbons (Fsp3) is 0.364. The molecule has 0 N–H and O–H groups in total. The van der Waals surface area contributed by atoms with Crippen molar-refractivity contribution in [3.63, 3.8) is 0 Å². The van der Waals surface area contributed by atoms with Crippen molar-refractivity contribution in [1.82, 2.24) is 0 Å². The maximum atomic E-state index is 12.7. The van der Waals surface area contributed by atoms with E-state index in [1.807, 2.05) is 18.2 Å². The van der Waals surface area contributed by atoms with Gasteiger partial charge in [0.2, 0.25) is 0 Å². The molecule has 0 spiro atoms. The average molecular weight is 435 g/mol. The summed E-state index contributed by atoms with van der Waals surface area (Å²) in [5.41, 5.74) is 2.12. The third-order valence-electron chi connectivity index (χ3n) is 4.65. The van der Waals surface area contributed by atoms with E-state index in [9.17, 15) is 8.42 Å². The summed E-state index contributed by atoms with van der Waals surface area (Å²) in [4.78, 5) is 0.165. The van der Waals surface area contributed by atoms with Crippen molar-refractivity contribution in [2.45, 2.75) is 17.7 Å². The fourth-order valence-corrected chi connectivity index (χ4v) is 4.36. The Bertz CT molecular complexity index is 1120. The highest BCUT2D eigenvalue weighted by Gasteiger charge is 2.25. The Morgan fingerprint density at radius 2 is 1.77 bits per heavy atom. The molecular weight excluding hydrogens is 408 g/mol. The molecule has 1 heterocycles. The number of aryl methyl sites for hydroxylation is 1. The van der Waals surface area contributed by atoms with Crippen LogP contribution in [0, 0.1) is 0 Å². The standard InChI is InChI=1S/C22H26O7S/c1-25-11-5-6-15-7-9-18-17(12-15)22(30(4,23)24)21(29-18)16-8-10-19(28-14-26-2)20(13-16)27-3/h7-10,12-13H,5-6,11,14H2,1-4H3. The molecule has 8 heteroatoms. The maximum Gasteiger partial charge on any atom is 0.188 e. The van der Waals surface area contributed by atoms with Crippen LogP contribution in [0.25, 0.3) is 22.3 Å². The number of methoxy groups -OCH3 is 3. The minimum Gasteiger partial charge on any atom is -0.493 e. The lowest BCUT2D eigenvalue weighted by Gasteiger charge is -2.11. The first-order valence-electron chi connectivity index (χ1n) is 9.43. The third-order valence-corrected chi connectivity index (χ3v) is 5.80. The summed E-state index contributed by atoms with van der Waals surface area (Å²) < 4.78 is 52.3. The second-order valence-corrected chi connectivity index (χ2v) is 8.83. The molecule has 0 saturated heterocycles. The van der Waals surface area contributed by atoms with Crippen LogP contribution in [0.15, 0.2) is 45.7 Å². The summed E-state index contributed by atoms with van der Waals surface area (Å²) in [5, 5.41) is 0.570. The van der Waals surface area contributed by atoms with Crippen molar-refractivity contribution in [3.8, 4) is 22.8 Å². The first kappa shape index (κ1) is 22.1. The molecule has 7 nitrogen and oxygen atoms in total. The SMILES string of the molecule is COCCCc1ccc2oc(-c3ccc(OCOC)c(OC)c3)c(S(C)(=O)=O)c2c1. The van der Waals surface area contributed by atoms with Gasteiger partial charge in [0.25, 0.3) is 0 Å². The monoisotopic (exact) mass is 434 g/mol. The molecule has 30 heavy (non-hydrogen) atoms. The number of ether oxygens (including phenoxy) is 4. The van der Waals surface area contributed by atoms with Gasteiger partial charge in [-0.3, -0.25) is 0 Å². The topological polar surface area (TPSA) is 84.2 Å². The molecule has 0 unspecified atom stereocenters. The Morgan fingerprint density at radius 1 is 0.967 bits per heavy atom. The Morgan fingerprint density at radius 3 is 2.43 bits per heavy atom. The molecule has 0 atom stereocenters. The quantitative estimate of drug-likeness (QED) is 0.351. The third kappa shape index (κ3) is 4.77. The van der Waals surface area contributed by atoms with Crippen molar-refractivity contribution in [3.05, 3.63) is 42.0 Å². The summed E-state index contributed by atoms with van der Waals surface area (Å²) in [6.45, 7) is 0.714. The van der Waals surface area contributed by atoms with Gasteiger partial charge < -0.3 is 23.4 Å². The lowest BCUT2D eigenvalue weighted by molar-refractivity contribution is 0.0492. The molecule has 1 aromatic heterocycles. The first-order valence-corrected chi connectivity index (χ1v) is 11.3. The number of rotatable bonds is 10. The highest BCUT2D eigenvalue weighted by molar-refractivity contribution is 7.91. The van der Waals surface area contributed by atoms with Gasteiger partial charge in [0.15, 0.2) is 33.9 Å². The summed E-state index contributed by atoms with van der Waals surface area (Å²) in [7, 11) is 1.14. The zero-order valence-corrected chi connectivity index (χ0v) is 18.4. The van der Waals surface area contributed by atoms with E-state index in [0.717, 1.165) is 18.4 Å². The van der Waals surface area contributed by atoms with E-state index in [1.165, 1.54) is 20.5 Å². The van der Waals surface area contributed by atoms with E-state index in [0.29, 0.717) is 34.6 Å². The molecule has 3 rings (SSSR count). The number of hydrogen-bond donors (Lipinski definition) is 0. The molecular formula is C22H26O7S. The van der Waals surface area contributed by atoms with E-state index >= 15 is 0 Å². The van der Waals surface area contributed by atoms with Gasteiger partial charge in [0.1, 0.15) is 10.5 Å². The lowest BCUT2D eigenvalue weighted by atomic mass is 10.1. The second-order valence-electron chi connectivity index (χ2n) is 6.88. The normalized spacial score (nSPS) is 11.7. The summed E-state index contributed by atoms with van der Waals surface area (Å²) in [6, 6.07) is 10.8. The van der Waals surface area contributed by atoms with Crippen LogP contribution in [0.2, 0.25) is 0 Å². The van der Waals surface area contributed by atoms with Gasteiger partial charge in [-0.2, -0.15) is 0 Å². The molecule has 0 aliphatic carbocycles. The molecule has 162 valence electrons. The Balaban J connectivity index is 2.11. The van der Waals surface area contributed by atoms with Crippen LogP contribution in [-0.4, -0.2) is 49.4 Å². The van der Waals surface area contributed by atoms with Gasteiger partial charge in [0.05, 0.1) is 7.11 Å². The van der Waals surface area contributed by atoms with Crippen molar-refractivity contribution in [1.29, 1.82) is 0 Å². The van der Waals surface area contributed by atoms with Gasteiger partial charge in [0, 0.05) is 38.0 Å². The second kappa shape index (κ2) is 9.51. The van der Waals surface area contributed by atoms with Crippen molar-refractivity contribution in [2.75, 3.05) is 41.0 Å². The van der Waals surface area contributed by atoms with Crippen LogP contribution in [0.5, 0.6) is 11.5 Å². The van der Waals surface area contributed by atoms with Crippen molar-refractivity contribution < 1.29 is 31.8 Å². The molecule has 0 radical (unpaired) electrons. The average Bonchev–Trinajstić information content (AvgIpc) is 3.11. The van der Waals surface area contributed by atoms with Gasteiger partial charge in [-0.05, 0) is 48.7 Å². The Labute approximate surface area is 176 Å². The molecule has 0 saturated carbocycles. The highest BCUT2D eigenvalue weighted by Crippen LogP contribution is 2.40. The molecule has 0 fully saturated rings. The minimum atomic E-state index is -3.56. The maximum absolute atomic E-state index is 12.7. The molecule has 0 bridgehead atoms. The van der Waals surface area contributed by atoms with Crippen LogP contribution in [0.1, 0.15) is 12.0 Å². The van der Waals surface area contributed by atoms with Gasteiger partial charge in [-0.25, -0.2) is 8.42 Å². The predicted octanol–water partition coefficient (Wildman–Crippen LogP) is 4.07. The fourth-order valence-electron chi connectivity index (χ4n) is 3.31. The molecule has 3 aromatic rings. The smallest absolute Gasteiger partial charge is 0.188 e. The van der Waals surface area contributed by atoms with E-state index in [2.05, 4.69) is 0 Å². The van der Waals surface area contributed by atoms with Crippen LogP contribution in [0.3, 0.4) is 0 Å². The van der Waals surface area contributed by atoms with Crippen LogP contribution >= 0.6 is 0 Å². The molecule has 0 aliphatic heterocycles. The van der Waals surface area contributed by atoms with Crippen LogP contribution in [-0.2, 0) is 25.7 Å². The number of hydrogen-bond acceptors (Lipinski definition) is 7. The first-order chi connectivity index (χ1) is 14.4. The van der Waals surface area contributed by atoms with Gasteiger partial charge >= 0.3 is 0 Å². The predicted molar refractivity (Wildman–Crippen MR) is 114 cm³/mol. The molecule has 0 aliphatic rings. The number of sulfone groups is 1. The van der Waals surface area contributed by atoms with E-state index in [1.54, 1.807) is 25.3 Å². The number of fused-ring (bicyclic) bond motifs is 1. The number of furan rings is 1. The van der Waals surface area contributed by atoms with E-state index in [-0.39, 0.29) is 17.4 Å². The van der Waals surface area contributed by atoms with Crippen LogP contribution in [0.4, 0.5) is 0 Å². The van der Waals surface area contributed by atoms with E-state index < -0.39 is 9.84 Å². The zero-order valence-electron chi connectivity index (χ0n) is 17.6. The zero-order chi connectivity index (χ0) is 21.7. The van der Waals surface area contributed by atoms with Gasteiger partial charge in [-0.1, -0.05) is 6.07 Å². The Kier molecular flexibility index (Phi) is 7.02. The van der Waals surface area contributed by atoms with Crippen molar-refractivity contribution >= 4 is 20.8 Å².